The van der Waals surface area contributed by atoms with E-state index in [1.54, 1.807) is 0 Å². The van der Waals surface area contributed by atoms with Crippen LogP contribution in [0, 0.1) is 5.82 Å². The number of imide groups is 1. The van der Waals surface area contributed by atoms with Crippen LogP contribution < -0.4 is 10.6 Å². The molecule has 27 heavy (non-hydrogen) atoms. The number of hydrogen-bond donors (Lipinski definition) is 2. The van der Waals surface area contributed by atoms with Crippen LogP contribution in [0.4, 0.5) is 14.9 Å². The largest absolute Gasteiger partial charge is 0.325 e. The van der Waals surface area contributed by atoms with Crippen LogP contribution in [0.1, 0.15) is 17.5 Å². The predicted molar refractivity (Wildman–Crippen MR) is 96.7 cm³/mol. The molecule has 1 spiro atoms. The molecular weight excluding hydrogens is 373 g/mol. The summed E-state index contributed by atoms with van der Waals surface area (Å²) in [5.41, 5.74) is 0.960. The smallest absolute Gasteiger partial charge is 0.324 e. The van der Waals surface area contributed by atoms with E-state index in [0.29, 0.717) is 12.8 Å². The Balaban J connectivity index is 1.52. The van der Waals surface area contributed by atoms with Gasteiger partial charge in [-0.1, -0.05) is 35.9 Å². The van der Waals surface area contributed by atoms with Crippen molar-refractivity contribution in [3.8, 4) is 0 Å². The van der Waals surface area contributed by atoms with E-state index < -0.39 is 35.7 Å². The molecule has 0 saturated carbocycles. The van der Waals surface area contributed by atoms with Gasteiger partial charge in [-0.3, -0.25) is 14.5 Å². The van der Waals surface area contributed by atoms with Crippen molar-refractivity contribution in [3.05, 3.63) is 64.4 Å². The van der Waals surface area contributed by atoms with E-state index >= 15 is 0 Å². The van der Waals surface area contributed by atoms with Crippen LogP contribution in [-0.2, 0) is 21.5 Å². The van der Waals surface area contributed by atoms with Crippen molar-refractivity contribution in [1.29, 1.82) is 0 Å². The van der Waals surface area contributed by atoms with Crippen molar-refractivity contribution < 1.29 is 18.8 Å². The molecule has 1 unspecified atom stereocenters. The summed E-state index contributed by atoms with van der Waals surface area (Å²) in [5.74, 6) is -1.63. The van der Waals surface area contributed by atoms with Crippen LogP contribution in [-0.4, -0.2) is 29.3 Å². The first-order valence-electron chi connectivity index (χ1n) is 8.38. The number of anilines is 1. The standard InChI is InChI=1S/C19H15ClFN3O3/c20-14-9-12(5-6-15(14)21)22-16(25)10-24-17(26)19(23-18(24)27)8-7-11-3-1-2-4-13(11)19/h1-6,9H,7-8,10H2,(H,22,25)(H,23,27). The monoisotopic (exact) mass is 387 g/mol. The molecule has 2 aromatic carbocycles. The number of carbonyl (C=O) groups excluding carboxylic acids is 3. The number of aryl methyl sites for hydroxylation is 1. The van der Waals surface area contributed by atoms with E-state index in [1.807, 2.05) is 24.3 Å². The number of fused-ring (bicyclic) bond motifs is 2. The number of rotatable bonds is 3. The quantitative estimate of drug-likeness (QED) is 0.795. The van der Waals surface area contributed by atoms with Crippen molar-refractivity contribution in [2.24, 2.45) is 0 Å². The summed E-state index contributed by atoms with van der Waals surface area (Å²) in [6, 6.07) is 10.6. The lowest BCUT2D eigenvalue weighted by molar-refractivity contribution is -0.134. The average Bonchev–Trinajstić information content (AvgIpc) is 3.12. The molecule has 2 aromatic rings. The maximum Gasteiger partial charge on any atom is 0.325 e. The maximum absolute atomic E-state index is 13.2. The molecule has 6 nitrogen and oxygen atoms in total. The Kier molecular flexibility index (Phi) is 4.11. The number of hydrogen-bond acceptors (Lipinski definition) is 3. The third kappa shape index (κ3) is 2.84. The highest BCUT2D eigenvalue weighted by molar-refractivity contribution is 6.31. The Bertz CT molecular complexity index is 980. The van der Waals surface area contributed by atoms with Gasteiger partial charge in [-0.25, -0.2) is 9.18 Å². The molecule has 0 aromatic heterocycles. The van der Waals surface area contributed by atoms with E-state index in [1.165, 1.54) is 12.1 Å². The van der Waals surface area contributed by atoms with Gasteiger partial charge in [0.25, 0.3) is 5.91 Å². The van der Waals surface area contributed by atoms with E-state index in [-0.39, 0.29) is 10.7 Å². The molecule has 1 aliphatic heterocycles. The van der Waals surface area contributed by atoms with Crippen molar-refractivity contribution in [2.45, 2.75) is 18.4 Å². The van der Waals surface area contributed by atoms with Crippen LogP contribution in [0.2, 0.25) is 5.02 Å². The van der Waals surface area contributed by atoms with Crippen LogP contribution in [0.25, 0.3) is 0 Å². The fourth-order valence-corrected chi connectivity index (χ4v) is 3.83. The van der Waals surface area contributed by atoms with Gasteiger partial charge in [0.2, 0.25) is 5.91 Å². The molecule has 4 rings (SSSR count). The predicted octanol–water partition coefficient (Wildman–Crippen LogP) is 2.81. The van der Waals surface area contributed by atoms with Crippen molar-refractivity contribution in [3.63, 3.8) is 0 Å². The first-order valence-corrected chi connectivity index (χ1v) is 8.76. The molecule has 1 fully saturated rings. The first kappa shape index (κ1) is 17.5. The second-order valence-electron chi connectivity index (χ2n) is 6.56. The van der Waals surface area contributed by atoms with Gasteiger partial charge in [-0.2, -0.15) is 0 Å². The molecule has 2 aliphatic rings. The number of amides is 4. The average molecular weight is 388 g/mol. The molecule has 0 radical (unpaired) electrons. The summed E-state index contributed by atoms with van der Waals surface area (Å²) in [7, 11) is 0. The van der Waals surface area contributed by atoms with E-state index in [2.05, 4.69) is 10.6 Å². The third-order valence-corrected chi connectivity index (χ3v) is 5.22. The molecule has 1 aliphatic carbocycles. The number of urea groups is 1. The summed E-state index contributed by atoms with van der Waals surface area (Å²) >= 11 is 5.69. The lowest BCUT2D eigenvalue weighted by Crippen LogP contribution is -2.43. The highest BCUT2D eigenvalue weighted by Gasteiger charge is 2.55. The highest BCUT2D eigenvalue weighted by Crippen LogP contribution is 2.41. The SMILES string of the molecule is O=C(CN1C(=O)NC2(CCc3ccccc32)C1=O)Nc1ccc(F)c(Cl)c1. The Labute approximate surface area is 159 Å². The van der Waals surface area contributed by atoms with Gasteiger partial charge in [0, 0.05) is 5.69 Å². The molecule has 0 bridgehead atoms. The molecular formula is C19H15ClFN3O3. The van der Waals surface area contributed by atoms with Gasteiger partial charge in [-0.05, 0) is 42.2 Å². The summed E-state index contributed by atoms with van der Waals surface area (Å²) in [6.45, 7) is -0.441. The zero-order valence-electron chi connectivity index (χ0n) is 14.1. The molecule has 8 heteroatoms. The van der Waals surface area contributed by atoms with Gasteiger partial charge in [0.05, 0.1) is 5.02 Å². The highest BCUT2D eigenvalue weighted by atomic mass is 35.5. The molecule has 2 N–H and O–H groups in total. The topological polar surface area (TPSA) is 78.5 Å². The van der Waals surface area contributed by atoms with Crippen LogP contribution in [0.3, 0.4) is 0 Å². The summed E-state index contributed by atoms with van der Waals surface area (Å²) in [5, 5.41) is 5.14. The van der Waals surface area contributed by atoms with Gasteiger partial charge in [0.15, 0.2) is 0 Å². The lowest BCUT2D eigenvalue weighted by Gasteiger charge is -2.22. The van der Waals surface area contributed by atoms with E-state index in [0.717, 1.165) is 22.1 Å². The fourth-order valence-electron chi connectivity index (χ4n) is 3.65. The maximum atomic E-state index is 13.2. The summed E-state index contributed by atoms with van der Waals surface area (Å²) in [6.07, 6.45) is 1.14. The fraction of sp³-hybridized carbons (Fsp3) is 0.211. The lowest BCUT2D eigenvalue weighted by atomic mass is 9.92. The Morgan fingerprint density at radius 1 is 1.26 bits per heavy atom. The van der Waals surface area contributed by atoms with Gasteiger partial charge in [-0.15, -0.1) is 0 Å². The van der Waals surface area contributed by atoms with Crippen molar-refractivity contribution in [2.75, 3.05) is 11.9 Å². The molecule has 138 valence electrons. The van der Waals surface area contributed by atoms with Crippen LogP contribution >= 0.6 is 11.6 Å². The van der Waals surface area contributed by atoms with Crippen LogP contribution in [0.5, 0.6) is 0 Å². The molecule has 1 atom stereocenters. The second kappa shape index (κ2) is 6.35. The van der Waals surface area contributed by atoms with Gasteiger partial charge in [0.1, 0.15) is 17.9 Å². The van der Waals surface area contributed by atoms with E-state index in [4.69, 9.17) is 11.6 Å². The number of benzene rings is 2. The van der Waals surface area contributed by atoms with Crippen molar-refractivity contribution in [1.82, 2.24) is 10.2 Å². The first-order chi connectivity index (χ1) is 12.9. The Hall–Kier alpha value is -2.93. The number of nitrogens with zero attached hydrogens (tertiary/aromatic N) is 1. The summed E-state index contributed by atoms with van der Waals surface area (Å²) in [4.78, 5) is 38.6. The number of halogens is 2. The minimum absolute atomic E-state index is 0.135. The van der Waals surface area contributed by atoms with Gasteiger partial charge < -0.3 is 10.6 Å². The number of nitrogens with one attached hydrogen (secondary N) is 2. The van der Waals surface area contributed by atoms with Crippen molar-refractivity contribution >= 4 is 35.1 Å². The normalized spacial score (nSPS) is 20.7. The minimum Gasteiger partial charge on any atom is -0.324 e. The van der Waals surface area contributed by atoms with E-state index in [9.17, 15) is 18.8 Å². The Morgan fingerprint density at radius 3 is 2.81 bits per heavy atom. The Morgan fingerprint density at radius 2 is 2.04 bits per heavy atom. The third-order valence-electron chi connectivity index (χ3n) is 4.93. The molecule has 4 amide bonds. The van der Waals surface area contributed by atoms with Gasteiger partial charge >= 0.3 is 6.03 Å². The van der Waals surface area contributed by atoms with Crippen LogP contribution in [0.15, 0.2) is 42.5 Å². The zero-order valence-corrected chi connectivity index (χ0v) is 14.8. The number of carbonyl (C=O) groups is 3. The molecule has 1 saturated heterocycles. The molecule has 1 heterocycles. The zero-order chi connectivity index (χ0) is 19.2. The summed E-state index contributed by atoms with van der Waals surface area (Å²) < 4.78 is 13.2. The minimum atomic E-state index is -1.10. The second-order valence-corrected chi connectivity index (χ2v) is 6.97.